The summed E-state index contributed by atoms with van der Waals surface area (Å²) in [6.45, 7) is 0. The van der Waals surface area contributed by atoms with Crippen LogP contribution in [0.1, 0.15) is 0 Å². The smallest absolute Gasteiger partial charge is 0.179 e. The molecule has 0 saturated carbocycles. The van der Waals surface area contributed by atoms with E-state index >= 15 is 0 Å². The lowest BCUT2D eigenvalue weighted by Gasteiger charge is -2.34. The van der Waals surface area contributed by atoms with Crippen LogP contribution in [0, 0.1) is 0 Å². The van der Waals surface area contributed by atoms with E-state index in [2.05, 4.69) is 240 Å². The van der Waals surface area contributed by atoms with Crippen molar-refractivity contribution in [2.24, 2.45) is 0 Å². The van der Waals surface area contributed by atoms with Crippen LogP contribution >= 0.6 is 0 Å². The van der Waals surface area contributed by atoms with Gasteiger partial charge in [0.1, 0.15) is 0 Å². The van der Waals surface area contributed by atoms with Gasteiger partial charge < -0.3 is 9.13 Å². The molecule has 0 fully saturated rings. The van der Waals surface area contributed by atoms with Gasteiger partial charge in [0.15, 0.2) is 8.07 Å². The topological polar surface area (TPSA) is 9.86 Å². The van der Waals surface area contributed by atoms with Crippen molar-refractivity contribution in [3.63, 3.8) is 0 Å². The highest BCUT2D eigenvalue weighted by Crippen LogP contribution is 2.38. The molecule has 57 heavy (non-hydrogen) atoms. The standard InChI is InChI=1S/C54H38N2Si/c1-5-18-40(19-6-1)55-50-29-15-13-26-47(50)49-38-45(36-37-52(49)55)57(42-22-9-3-10-23-42,43-24-11-4-12-25-43)44-34-32-39(33-35-44)46-28-17-31-53-54(46)48-27-14-16-30-51(48)56(53)41-20-7-2-8-21-41/h1-38H. The van der Waals surface area contributed by atoms with Gasteiger partial charge in [0.05, 0.1) is 22.1 Å². The number of rotatable bonds is 7. The van der Waals surface area contributed by atoms with Crippen molar-refractivity contribution in [2.75, 3.05) is 0 Å². The highest BCUT2D eigenvalue weighted by Gasteiger charge is 2.41. The van der Waals surface area contributed by atoms with Crippen LogP contribution in [0.15, 0.2) is 231 Å². The number of para-hydroxylation sites is 4. The Morgan fingerprint density at radius 2 is 0.719 bits per heavy atom. The van der Waals surface area contributed by atoms with Crippen molar-refractivity contribution in [2.45, 2.75) is 0 Å². The molecule has 0 saturated heterocycles. The summed E-state index contributed by atoms with van der Waals surface area (Å²) < 4.78 is 4.81. The fourth-order valence-corrected chi connectivity index (χ4v) is 14.2. The Kier molecular flexibility index (Phi) is 7.87. The molecule has 0 N–H and O–H groups in total. The van der Waals surface area contributed by atoms with E-state index in [9.17, 15) is 0 Å². The highest BCUT2D eigenvalue weighted by atomic mass is 28.3. The molecule has 0 atom stereocenters. The van der Waals surface area contributed by atoms with Gasteiger partial charge in [-0.25, -0.2) is 0 Å². The lowest BCUT2D eigenvalue weighted by Crippen LogP contribution is -2.74. The molecule has 2 nitrogen and oxygen atoms in total. The zero-order valence-corrected chi connectivity index (χ0v) is 32.3. The Hall–Kier alpha value is -7.20. The molecule has 2 heterocycles. The Morgan fingerprint density at radius 1 is 0.281 bits per heavy atom. The maximum atomic E-state index is 2.51. The van der Waals surface area contributed by atoms with E-state index in [0.29, 0.717) is 0 Å². The number of benzene rings is 9. The Balaban J connectivity index is 1.15. The van der Waals surface area contributed by atoms with Gasteiger partial charge in [-0.05, 0) is 80.4 Å². The Morgan fingerprint density at radius 3 is 1.33 bits per heavy atom. The normalized spacial score (nSPS) is 11.9. The summed E-state index contributed by atoms with van der Waals surface area (Å²) >= 11 is 0. The van der Waals surface area contributed by atoms with Gasteiger partial charge in [-0.2, -0.15) is 0 Å². The molecule has 0 aliphatic heterocycles. The monoisotopic (exact) mass is 742 g/mol. The lowest BCUT2D eigenvalue weighted by molar-refractivity contribution is 1.18. The molecule has 0 radical (unpaired) electrons. The molecule has 0 bridgehead atoms. The average molecular weight is 743 g/mol. The van der Waals surface area contributed by atoms with Crippen LogP contribution in [0.2, 0.25) is 0 Å². The van der Waals surface area contributed by atoms with Crippen LogP contribution in [0.5, 0.6) is 0 Å². The molecule has 2 aromatic heterocycles. The van der Waals surface area contributed by atoms with E-state index in [-0.39, 0.29) is 0 Å². The molecule has 3 heteroatoms. The third-order valence-electron chi connectivity index (χ3n) is 11.9. The second-order valence-electron chi connectivity index (χ2n) is 14.9. The van der Waals surface area contributed by atoms with Crippen LogP contribution < -0.4 is 20.7 Å². The average Bonchev–Trinajstić information content (AvgIpc) is 3.81. The lowest BCUT2D eigenvalue weighted by atomic mass is 9.99. The predicted molar refractivity (Wildman–Crippen MR) is 244 cm³/mol. The molecule has 0 amide bonds. The van der Waals surface area contributed by atoms with Crippen LogP contribution in [0.3, 0.4) is 0 Å². The number of fused-ring (bicyclic) bond motifs is 6. The largest absolute Gasteiger partial charge is 0.309 e. The molecule has 0 spiro atoms. The first kappa shape index (κ1) is 33.2. The number of aromatic nitrogens is 2. The fraction of sp³-hybridized carbons (Fsp3) is 0. The van der Waals surface area contributed by atoms with Crippen molar-refractivity contribution in [3.05, 3.63) is 231 Å². The number of hydrogen-bond acceptors (Lipinski definition) is 0. The van der Waals surface area contributed by atoms with Crippen molar-refractivity contribution in [1.29, 1.82) is 0 Å². The number of nitrogens with zero attached hydrogens (tertiary/aromatic N) is 2. The van der Waals surface area contributed by atoms with Gasteiger partial charge in [-0.15, -0.1) is 0 Å². The summed E-state index contributed by atoms with van der Waals surface area (Å²) in [7, 11) is -2.85. The first-order chi connectivity index (χ1) is 28.3. The second kappa shape index (κ2) is 13.5. The summed E-state index contributed by atoms with van der Waals surface area (Å²) in [6, 6.07) is 85.2. The summed E-state index contributed by atoms with van der Waals surface area (Å²) in [5.74, 6) is 0. The van der Waals surface area contributed by atoms with Crippen LogP contribution in [-0.4, -0.2) is 17.2 Å². The van der Waals surface area contributed by atoms with Gasteiger partial charge >= 0.3 is 0 Å². The van der Waals surface area contributed by atoms with Crippen molar-refractivity contribution >= 4 is 72.4 Å². The Bertz CT molecular complexity index is 3160. The SMILES string of the molecule is c1ccc(-n2c3ccccc3c3cc([Si](c4ccccc4)(c4ccccc4)c4ccc(-c5cccc6c5c5ccccc5n6-c5ccccc5)cc4)ccc32)cc1. The van der Waals surface area contributed by atoms with Crippen molar-refractivity contribution < 1.29 is 0 Å². The third-order valence-corrected chi connectivity index (χ3v) is 16.6. The maximum absolute atomic E-state index is 2.85. The summed E-state index contributed by atoms with van der Waals surface area (Å²) in [5.41, 5.74) is 9.65. The van der Waals surface area contributed by atoms with Crippen LogP contribution in [0.4, 0.5) is 0 Å². The van der Waals surface area contributed by atoms with E-state index in [1.54, 1.807) is 0 Å². The summed E-state index contributed by atoms with van der Waals surface area (Å²) in [4.78, 5) is 0. The quantitative estimate of drug-likeness (QED) is 0.114. The molecule has 0 aliphatic rings. The fourth-order valence-electron chi connectivity index (χ4n) is 9.45. The van der Waals surface area contributed by atoms with E-state index in [1.807, 2.05) is 0 Å². The molecule has 11 aromatic rings. The molecular formula is C54H38N2Si. The second-order valence-corrected chi connectivity index (χ2v) is 18.7. The van der Waals surface area contributed by atoms with Crippen LogP contribution in [-0.2, 0) is 0 Å². The molecular weight excluding hydrogens is 705 g/mol. The molecule has 11 rings (SSSR count). The molecule has 0 unspecified atom stereocenters. The van der Waals surface area contributed by atoms with Crippen LogP contribution in [0.25, 0.3) is 66.1 Å². The van der Waals surface area contributed by atoms with E-state index in [0.717, 1.165) is 0 Å². The minimum atomic E-state index is -2.85. The van der Waals surface area contributed by atoms with Gasteiger partial charge in [-0.3, -0.25) is 0 Å². The molecule has 0 aliphatic carbocycles. The highest BCUT2D eigenvalue weighted by molar-refractivity contribution is 7.20. The van der Waals surface area contributed by atoms with Gasteiger partial charge in [0.25, 0.3) is 0 Å². The van der Waals surface area contributed by atoms with E-state index in [4.69, 9.17) is 0 Å². The summed E-state index contributed by atoms with van der Waals surface area (Å²) in [6.07, 6.45) is 0. The first-order valence-electron chi connectivity index (χ1n) is 19.7. The minimum absolute atomic E-state index is 1.17. The summed E-state index contributed by atoms with van der Waals surface area (Å²) in [5, 5.41) is 10.5. The van der Waals surface area contributed by atoms with Crippen molar-refractivity contribution in [3.8, 4) is 22.5 Å². The predicted octanol–water partition coefficient (Wildman–Crippen LogP) is 10.9. The van der Waals surface area contributed by atoms with Crippen molar-refractivity contribution in [1.82, 2.24) is 9.13 Å². The van der Waals surface area contributed by atoms with E-state index < -0.39 is 8.07 Å². The van der Waals surface area contributed by atoms with Gasteiger partial charge in [0, 0.05) is 32.9 Å². The maximum Gasteiger partial charge on any atom is 0.179 e. The van der Waals surface area contributed by atoms with E-state index in [1.165, 1.54) is 86.9 Å². The molecule has 268 valence electrons. The first-order valence-corrected chi connectivity index (χ1v) is 21.7. The zero-order valence-electron chi connectivity index (χ0n) is 31.3. The zero-order chi connectivity index (χ0) is 37.8. The van der Waals surface area contributed by atoms with Gasteiger partial charge in [0.2, 0.25) is 0 Å². The third kappa shape index (κ3) is 5.17. The number of hydrogen-bond donors (Lipinski definition) is 0. The van der Waals surface area contributed by atoms with Gasteiger partial charge in [-0.1, -0.05) is 182 Å². The molecule has 9 aromatic carbocycles. The minimum Gasteiger partial charge on any atom is -0.309 e. The Labute approximate surface area is 333 Å².